The molecule has 0 aliphatic rings. The number of halogens is 3. The summed E-state index contributed by atoms with van der Waals surface area (Å²) in [5.74, 6) is -0.674. The second-order valence-electron chi connectivity index (χ2n) is 3.34. The van der Waals surface area contributed by atoms with Crippen LogP contribution in [0.1, 0.15) is 11.1 Å². The molecule has 0 aromatic heterocycles. The van der Waals surface area contributed by atoms with E-state index in [4.69, 9.17) is 4.74 Å². The van der Waals surface area contributed by atoms with Crippen LogP contribution in [0, 0.1) is 0 Å². The molecule has 0 radical (unpaired) electrons. The van der Waals surface area contributed by atoms with Crippen molar-refractivity contribution in [2.45, 2.75) is 12.8 Å². The van der Waals surface area contributed by atoms with Crippen LogP contribution in [0.3, 0.4) is 0 Å². The molecule has 3 nitrogen and oxygen atoms in total. The van der Waals surface area contributed by atoms with Gasteiger partial charge < -0.3 is 9.47 Å². The van der Waals surface area contributed by atoms with Crippen LogP contribution in [0.4, 0.5) is 13.2 Å². The first-order chi connectivity index (χ1) is 8.43. The highest BCUT2D eigenvalue weighted by Gasteiger charge is 2.30. The molecule has 0 unspecified atom stereocenters. The third-order valence-corrected chi connectivity index (χ3v) is 1.97. The third kappa shape index (κ3) is 4.48. The van der Waals surface area contributed by atoms with E-state index < -0.39 is 17.7 Å². The molecule has 1 aromatic rings. The summed E-state index contributed by atoms with van der Waals surface area (Å²) >= 11 is 0. The van der Waals surface area contributed by atoms with Crippen LogP contribution in [0.25, 0.3) is 0 Å². The largest absolute Gasteiger partial charge is 0.490 e. The van der Waals surface area contributed by atoms with Crippen molar-refractivity contribution in [3.8, 4) is 0 Å². The lowest BCUT2D eigenvalue weighted by Gasteiger charge is -2.09. The minimum atomic E-state index is -4.41. The molecule has 0 saturated carbocycles. The van der Waals surface area contributed by atoms with Crippen molar-refractivity contribution in [1.29, 1.82) is 0 Å². The molecule has 0 aliphatic heterocycles. The quantitative estimate of drug-likeness (QED) is 0.603. The number of hydrogen-bond donors (Lipinski definition) is 0. The van der Waals surface area contributed by atoms with Gasteiger partial charge in [0.1, 0.15) is 6.61 Å². The molecule has 6 heteroatoms. The number of ether oxygens (including phenoxy) is 2. The van der Waals surface area contributed by atoms with Crippen LogP contribution in [0.15, 0.2) is 37.1 Å². The van der Waals surface area contributed by atoms with Crippen molar-refractivity contribution in [3.05, 3.63) is 48.2 Å². The predicted molar refractivity (Wildman–Crippen MR) is 57.4 cm³/mol. The second-order valence-corrected chi connectivity index (χ2v) is 3.34. The van der Waals surface area contributed by atoms with Gasteiger partial charge in [-0.05, 0) is 17.7 Å². The highest BCUT2D eigenvalue weighted by Crippen LogP contribution is 2.29. The highest BCUT2D eigenvalue weighted by molar-refractivity contribution is 5.70. The van der Waals surface area contributed by atoms with Crippen LogP contribution in [-0.2, 0) is 27.1 Å². The summed E-state index contributed by atoms with van der Waals surface area (Å²) < 4.78 is 46.5. The Hall–Kier alpha value is -1.98. The fourth-order valence-corrected chi connectivity index (χ4v) is 1.17. The molecule has 0 N–H and O–H groups in total. The van der Waals surface area contributed by atoms with Crippen LogP contribution in [-0.4, -0.2) is 12.6 Å². The number of esters is 1. The Labute approximate surface area is 102 Å². The molecule has 0 amide bonds. The van der Waals surface area contributed by atoms with Gasteiger partial charge >= 0.3 is 12.1 Å². The molecule has 0 fully saturated rings. The summed E-state index contributed by atoms with van der Waals surface area (Å²) in [5, 5.41) is 0. The Morgan fingerprint density at radius 1 is 1.39 bits per heavy atom. The Bertz CT molecular complexity index is 427. The van der Waals surface area contributed by atoms with Crippen molar-refractivity contribution < 1.29 is 27.4 Å². The molecule has 0 saturated heterocycles. The number of rotatable bonds is 5. The summed E-state index contributed by atoms with van der Waals surface area (Å²) in [4.78, 5) is 11.0. The van der Waals surface area contributed by atoms with Gasteiger partial charge in [0.15, 0.2) is 6.61 Å². The zero-order valence-electron chi connectivity index (χ0n) is 9.37. The highest BCUT2D eigenvalue weighted by atomic mass is 19.4. The molecule has 1 aromatic carbocycles. The van der Waals surface area contributed by atoms with E-state index in [-0.39, 0.29) is 18.8 Å². The number of carbonyl (C=O) groups excluding carboxylic acids is 1. The molecule has 0 atom stereocenters. The normalized spacial score (nSPS) is 10.8. The van der Waals surface area contributed by atoms with Gasteiger partial charge in [-0.2, -0.15) is 13.2 Å². The van der Waals surface area contributed by atoms with E-state index in [1.54, 1.807) is 0 Å². The lowest BCUT2D eigenvalue weighted by atomic mass is 10.1. The molecule has 18 heavy (non-hydrogen) atoms. The third-order valence-electron chi connectivity index (χ3n) is 1.97. The molecule has 98 valence electrons. The van der Waals surface area contributed by atoms with Gasteiger partial charge in [0.25, 0.3) is 0 Å². The monoisotopic (exact) mass is 260 g/mol. The smallest absolute Gasteiger partial charge is 0.416 e. The lowest BCUT2D eigenvalue weighted by molar-refractivity contribution is -0.148. The summed E-state index contributed by atoms with van der Waals surface area (Å²) in [6.45, 7) is 2.68. The number of benzene rings is 1. The van der Waals surface area contributed by atoms with Crippen LogP contribution >= 0.6 is 0 Å². The average Bonchev–Trinajstić information content (AvgIpc) is 2.33. The zero-order valence-corrected chi connectivity index (χ0v) is 9.37. The maximum Gasteiger partial charge on any atom is 0.416 e. The lowest BCUT2D eigenvalue weighted by Crippen LogP contribution is -2.11. The summed E-state index contributed by atoms with van der Waals surface area (Å²) in [6.07, 6.45) is -3.34. The van der Waals surface area contributed by atoms with E-state index in [1.165, 1.54) is 12.1 Å². The van der Waals surface area contributed by atoms with Crippen molar-refractivity contribution in [3.63, 3.8) is 0 Å². The van der Waals surface area contributed by atoms with Gasteiger partial charge in [0.05, 0.1) is 11.8 Å². The van der Waals surface area contributed by atoms with E-state index in [1.807, 2.05) is 0 Å². The van der Waals surface area contributed by atoms with Gasteiger partial charge in [-0.25, -0.2) is 4.79 Å². The van der Waals surface area contributed by atoms with E-state index in [2.05, 4.69) is 11.3 Å². The average molecular weight is 260 g/mol. The summed E-state index contributed by atoms with van der Waals surface area (Å²) in [7, 11) is 0. The molecule has 1 rings (SSSR count). The Morgan fingerprint density at radius 2 is 2.11 bits per heavy atom. The Balaban J connectivity index is 2.58. The first-order valence-corrected chi connectivity index (χ1v) is 4.97. The van der Waals surface area contributed by atoms with Crippen molar-refractivity contribution in [1.82, 2.24) is 0 Å². The first kappa shape index (κ1) is 14.1. The minimum absolute atomic E-state index is 0.233. The van der Waals surface area contributed by atoms with Gasteiger partial charge in [-0.3, -0.25) is 0 Å². The standard InChI is InChI=1S/C12H11F3O3/c1-2-17-8-11(16)18-7-9-4-3-5-10(6-9)12(13,14)15/h2-6H,1,7-8H2. The fourth-order valence-electron chi connectivity index (χ4n) is 1.17. The van der Waals surface area contributed by atoms with E-state index in [0.29, 0.717) is 0 Å². The van der Waals surface area contributed by atoms with E-state index in [9.17, 15) is 18.0 Å². The van der Waals surface area contributed by atoms with Gasteiger partial charge in [0.2, 0.25) is 0 Å². The van der Waals surface area contributed by atoms with E-state index >= 15 is 0 Å². The number of hydrogen-bond acceptors (Lipinski definition) is 3. The van der Waals surface area contributed by atoms with Crippen LogP contribution < -0.4 is 0 Å². The first-order valence-electron chi connectivity index (χ1n) is 4.97. The molecule has 0 spiro atoms. The van der Waals surface area contributed by atoms with Gasteiger partial charge in [-0.15, -0.1) is 0 Å². The number of carbonyl (C=O) groups is 1. The molecule has 0 bridgehead atoms. The Morgan fingerprint density at radius 3 is 2.72 bits per heavy atom. The SMILES string of the molecule is C=COCC(=O)OCc1cccc(C(F)(F)F)c1. The second kappa shape index (κ2) is 6.09. The van der Waals surface area contributed by atoms with Crippen molar-refractivity contribution in [2.24, 2.45) is 0 Å². The summed E-state index contributed by atoms with van der Waals surface area (Å²) in [6, 6.07) is 4.58. The molecular weight excluding hydrogens is 249 g/mol. The van der Waals surface area contributed by atoms with Crippen LogP contribution in [0.5, 0.6) is 0 Å². The molecule has 0 heterocycles. The minimum Gasteiger partial charge on any atom is -0.490 e. The van der Waals surface area contributed by atoms with Gasteiger partial charge in [0, 0.05) is 0 Å². The predicted octanol–water partition coefficient (Wildman–Crippen LogP) is 2.91. The van der Waals surface area contributed by atoms with Gasteiger partial charge in [-0.1, -0.05) is 18.7 Å². The fraction of sp³-hybridized carbons (Fsp3) is 0.250. The van der Waals surface area contributed by atoms with E-state index in [0.717, 1.165) is 18.4 Å². The molecule has 0 aliphatic carbocycles. The Kier molecular flexibility index (Phi) is 4.76. The molecular formula is C12H11F3O3. The maximum absolute atomic E-state index is 12.4. The topological polar surface area (TPSA) is 35.5 Å². The number of alkyl halides is 3. The zero-order chi connectivity index (χ0) is 13.6. The van der Waals surface area contributed by atoms with Crippen molar-refractivity contribution in [2.75, 3.05) is 6.61 Å². The van der Waals surface area contributed by atoms with Crippen LogP contribution in [0.2, 0.25) is 0 Å². The summed E-state index contributed by atoms with van der Waals surface area (Å²) in [5.41, 5.74) is -0.518. The van der Waals surface area contributed by atoms with Crippen molar-refractivity contribution >= 4 is 5.97 Å². The maximum atomic E-state index is 12.4.